The predicted octanol–water partition coefficient (Wildman–Crippen LogP) is 1.21. The maximum Gasteiger partial charge on any atom is 0.227 e. The Labute approximate surface area is 111 Å². The fraction of sp³-hybridized carbons (Fsp3) is 0.929. The number of carbonyl (C=O) groups excluding carboxylic acids is 1. The van der Waals surface area contributed by atoms with Crippen LogP contribution in [0.5, 0.6) is 0 Å². The van der Waals surface area contributed by atoms with E-state index in [2.05, 4.69) is 38.2 Å². The Hall–Kier alpha value is -0.610. The lowest BCUT2D eigenvalue weighted by molar-refractivity contribution is -0.130. The molecular formula is C14H29N3O. The molecule has 0 bridgehead atoms. The van der Waals surface area contributed by atoms with Crippen molar-refractivity contribution in [3.05, 3.63) is 0 Å². The number of rotatable bonds is 5. The highest BCUT2D eigenvalue weighted by Crippen LogP contribution is 2.36. The van der Waals surface area contributed by atoms with Crippen LogP contribution in [0.1, 0.15) is 40.0 Å². The molecule has 1 aliphatic carbocycles. The molecule has 3 atom stereocenters. The van der Waals surface area contributed by atoms with Gasteiger partial charge in [-0.15, -0.1) is 0 Å². The highest BCUT2D eigenvalue weighted by Gasteiger charge is 2.42. The molecule has 1 saturated carbocycles. The molecule has 0 heterocycles. The van der Waals surface area contributed by atoms with Gasteiger partial charge in [-0.2, -0.15) is 0 Å². The minimum absolute atomic E-state index is 0.00866. The van der Waals surface area contributed by atoms with Gasteiger partial charge in [-0.3, -0.25) is 4.79 Å². The van der Waals surface area contributed by atoms with Crippen LogP contribution in [0, 0.1) is 11.3 Å². The van der Waals surface area contributed by atoms with Crippen molar-refractivity contribution < 1.29 is 4.79 Å². The van der Waals surface area contributed by atoms with E-state index in [9.17, 15) is 4.79 Å². The predicted molar refractivity (Wildman–Crippen MR) is 75.3 cm³/mol. The zero-order valence-corrected chi connectivity index (χ0v) is 12.5. The molecule has 1 amide bonds. The molecule has 0 aliphatic heterocycles. The molecule has 1 aliphatic rings. The van der Waals surface area contributed by atoms with E-state index in [0.29, 0.717) is 18.5 Å². The number of nitrogens with two attached hydrogens (primary N) is 1. The maximum atomic E-state index is 12.3. The van der Waals surface area contributed by atoms with E-state index < -0.39 is 0 Å². The van der Waals surface area contributed by atoms with E-state index in [1.54, 1.807) is 0 Å². The summed E-state index contributed by atoms with van der Waals surface area (Å²) in [5.41, 5.74) is 5.70. The van der Waals surface area contributed by atoms with Crippen LogP contribution in [-0.2, 0) is 4.79 Å². The molecule has 0 radical (unpaired) electrons. The lowest BCUT2D eigenvalue weighted by Gasteiger charge is -2.32. The highest BCUT2D eigenvalue weighted by molar-refractivity contribution is 5.83. The van der Waals surface area contributed by atoms with Gasteiger partial charge in [0.1, 0.15) is 0 Å². The molecule has 106 valence electrons. The van der Waals surface area contributed by atoms with Crippen molar-refractivity contribution in [3.8, 4) is 0 Å². The number of likely N-dealkylation sites (N-methyl/N-ethyl adjacent to an activating group) is 1. The molecule has 1 rings (SSSR count). The van der Waals surface area contributed by atoms with Crippen LogP contribution in [0.3, 0.4) is 0 Å². The van der Waals surface area contributed by atoms with Gasteiger partial charge in [0, 0.05) is 18.6 Å². The summed E-state index contributed by atoms with van der Waals surface area (Å²) in [5, 5.41) is 3.10. The number of hydrogen-bond donors (Lipinski definition) is 2. The van der Waals surface area contributed by atoms with E-state index in [-0.39, 0.29) is 17.4 Å². The van der Waals surface area contributed by atoms with Crippen molar-refractivity contribution in [2.24, 2.45) is 17.1 Å². The molecule has 3 N–H and O–H groups in total. The molecule has 4 nitrogen and oxygen atoms in total. The molecule has 0 saturated heterocycles. The van der Waals surface area contributed by atoms with Crippen LogP contribution >= 0.6 is 0 Å². The minimum Gasteiger partial charge on any atom is -0.354 e. The Kier molecular flexibility index (Phi) is 5.17. The van der Waals surface area contributed by atoms with Crippen LogP contribution in [0.4, 0.5) is 0 Å². The molecule has 0 aromatic carbocycles. The number of nitrogens with zero attached hydrogens (tertiary/aromatic N) is 1. The van der Waals surface area contributed by atoms with E-state index in [1.165, 1.54) is 0 Å². The third-order valence-corrected chi connectivity index (χ3v) is 4.45. The normalized spacial score (nSPS) is 29.9. The van der Waals surface area contributed by atoms with Crippen LogP contribution in [0.25, 0.3) is 0 Å². The summed E-state index contributed by atoms with van der Waals surface area (Å²) in [6, 6.07) is 0.379. The van der Waals surface area contributed by atoms with E-state index in [4.69, 9.17) is 5.73 Å². The lowest BCUT2D eigenvalue weighted by atomic mass is 9.84. The van der Waals surface area contributed by atoms with Gasteiger partial charge in [0.2, 0.25) is 5.91 Å². The Morgan fingerprint density at radius 1 is 1.50 bits per heavy atom. The molecule has 0 aromatic heterocycles. The summed E-state index contributed by atoms with van der Waals surface area (Å²) in [6.07, 6.45) is 2.94. The van der Waals surface area contributed by atoms with Crippen molar-refractivity contribution in [1.29, 1.82) is 0 Å². The van der Waals surface area contributed by atoms with Crippen molar-refractivity contribution in [2.75, 3.05) is 20.6 Å². The number of carbonyl (C=O) groups is 1. The summed E-state index contributed by atoms with van der Waals surface area (Å²) < 4.78 is 0. The fourth-order valence-corrected chi connectivity index (χ4v) is 2.89. The molecular weight excluding hydrogens is 226 g/mol. The third-order valence-electron chi connectivity index (χ3n) is 4.45. The Bertz CT molecular complexity index is 283. The Morgan fingerprint density at radius 2 is 2.11 bits per heavy atom. The topological polar surface area (TPSA) is 58.4 Å². The van der Waals surface area contributed by atoms with E-state index >= 15 is 0 Å². The lowest BCUT2D eigenvalue weighted by Crippen LogP contribution is -2.51. The molecule has 3 unspecified atom stereocenters. The largest absolute Gasteiger partial charge is 0.354 e. The smallest absolute Gasteiger partial charge is 0.227 e. The quantitative estimate of drug-likeness (QED) is 0.776. The van der Waals surface area contributed by atoms with E-state index in [1.807, 2.05) is 6.92 Å². The highest BCUT2D eigenvalue weighted by atomic mass is 16.2. The van der Waals surface area contributed by atoms with Crippen molar-refractivity contribution in [2.45, 2.75) is 52.1 Å². The molecule has 18 heavy (non-hydrogen) atoms. The van der Waals surface area contributed by atoms with Gasteiger partial charge in [0.05, 0.1) is 5.41 Å². The summed E-state index contributed by atoms with van der Waals surface area (Å²) in [5.74, 6) is 0.644. The fourth-order valence-electron chi connectivity index (χ4n) is 2.89. The Morgan fingerprint density at radius 3 is 2.50 bits per heavy atom. The summed E-state index contributed by atoms with van der Waals surface area (Å²) in [6.45, 7) is 7.06. The average Bonchev–Trinajstić information content (AvgIpc) is 2.59. The molecule has 0 spiro atoms. The zero-order valence-electron chi connectivity index (χ0n) is 12.5. The monoisotopic (exact) mass is 255 g/mol. The van der Waals surface area contributed by atoms with Crippen LogP contribution in [0.2, 0.25) is 0 Å². The molecule has 0 aromatic rings. The maximum absolute atomic E-state index is 12.3. The first-order chi connectivity index (χ1) is 8.29. The SMILES string of the molecule is CC(C)C(CNC(=O)C1(C)CCCC1N)N(C)C. The number of nitrogens with one attached hydrogen (secondary N) is 1. The number of amides is 1. The zero-order chi connectivity index (χ0) is 13.9. The summed E-state index contributed by atoms with van der Waals surface area (Å²) in [4.78, 5) is 14.5. The number of hydrogen-bond acceptors (Lipinski definition) is 3. The Balaban J connectivity index is 2.55. The standard InChI is InChI=1S/C14H29N3O/c1-10(2)11(17(4)5)9-16-13(18)14(3)8-6-7-12(14)15/h10-12H,6-9,15H2,1-5H3,(H,16,18). The van der Waals surface area contributed by atoms with Crippen LogP contribution < -0.4 is 11.1 Å². The van der Waals surface area contributed by atoms with Gasteiger partial charge in [-0.1, -0.05) is 20.3 Å². The van der Waals surface area contributed by atoms with Gasteiger partial charge in [-0.25, -0.2) is 0 Å². The first-order valence-electron chi connectivity index (χ1n) is 6.99. The van der Waals surface area contributed by atoms with Gasteiger partial charge >= 0.3 is 0 Å². The molecule has 1 fully saturated rings. The van der Waals surface area contributed by atoms with Crippen molar-refractivity contribution in [3.63, 3.8) is 0 Å². The van der Waals surface area contributed by atoms with E-state index in [0.717, 1.165) is 19.3 Å². The summed E-state index contributed by atoms with van der Waals surface area (Å²) in [7, 11) is 4.11. The second kappa shape index (κ2) is 6.02. The van der Waals surface area contributed by atoms with Gasteiger partial charge in [-0.05, 0) is 39.8 Å². The third kappa shape index (κ3) is 3.23. The van der Waals surface area contributed by atoms with Gasteiger partial charge < -0.3 is 16.0 Å². The average molecular weight is 255 g/mol. The van der Waals surface area contributed by atoms with Gasteiger partial charge in [0.15, 0.2) is 0 Å². The first-order valence-corrected chi connectivity index (χ1v) is 6.99. The van der Waals surface area contributed by atoms with Gasteiger partial charge in [0.25, 0.3) is 0 Å². The van der Waals surface area contributed by atoms with Crippen molar-refractivity contribution in [1.82, 2.24) is 10.2 Å². The minimum atomic E-state index is -0.367. The second-order valence-electron chi connectivity index (χ2n) is 6.40. The van der Waals surface area contributed by atoms with Crippen LogP contribution in [-0.4, -0.2) is 43.5 Å². The second-order valence-corrected chi connectivity index (χ2v) is 6.40. The molecule has 4 heteroatoms. The summed E-state index contributed by atoms with van der Waals surface area (Å²) >= 11 is 0. The van der Waals surface area contributed by atoms with Crippen molar-refractivity contribution >= 4 is 5.91 Å². The van der Waals surface area contributed by atoms with Crippen LogP contribution in [0.15, 0.2) is 0 Å². The first kappa shape index (κ1) is 15.4.